The number of amides is 3. The van der Waals surface area contributed by atoms with Crippen molar-refractivity contribution in [1.29, 1.82) is 0 Å². The summed E-state index contributed by atoms with van der Waals surface area (Å²) in [5.74, 6) is -1.94. The zero-order chi connectivity index (χ0) is 15.6. The minimum atomic E-state index is -1.12. The molecule has 7 heteroatoms. The van der Waals surface area contributed by atoms with Crippen molar-refractivity contribution in [3.05, 3.63) is 35.1 Å². The molecule has 0 aliphatic carbocycles. The standard InChI is InChI=1S/C14H15FN2O4/c1-8-3-4-10(7-11(8)15)13(19)21-9(2)12(18)17-6-5-16-14(17)20/h3-4,7,9H,5-6H2,1-2H3,(H,16,20)/t9-/m1/s1. The van der Waals surface area contributed by atoms with E-state index in [0.717, 1.165) is 11.0 Å². The van der Waals surface area contributed by atoms with Gasteiger partial charge in [-0.3, -0.25) is 9.69 Å². The fraction of sp³-hybridized carbons (Fsp3) is 0.357. The molecule has 1 atom stereocenters. The van der Waals surface area contributed by atoms with Gasteiger partial charge in [0.25, 0.3) is 5.91 Å². The van der Waals surface area contributed by atoms with Crippen molar-refractivity contribution in [2.24, 2.45) is 0 Å². The maximum atomic E-state index is 13.4. The zero-order valence-corrected chi connectivity index (χ0v) is 11.7. The predicted octanol–water partition coefficient (Wildman–Crippen LogP) is 1.23. The van der Waals surface area contributed by atoms with E-state index in [4.69, 9.17) is 4.74 Å². The molecular formula is C14H15FN2O4. The van der Waals surface area contributed by atoms with Gasteiger partial charge < -0.3 is 10.1 Å². The number of rotatable bonds is 3. The maximum absolute atomic E-state index is 13.4. The molecule has 0 aromatic heterocycles. The number of imide groups is 1. The van der Waals surface area contributed by atoms with Crippen LogP contribution >= 0.6 is 0 Å². The van der Waals surface area contributed by atoms with Crippen LogP contribution in [0.1, 0.15) is 22.8 Å². The van der Waals surface area contributed by atoms with E-state index >= 15 is 0 Å². The number of aryl methyl sites for hydroxylation is 1. The molecule has 0 saturated carbocycles. The quantitative estimate of drug-likeness (QED) is 0.851. The smallest absolute Gasteiger partial charge is 0.339 e. The Morgan fingerprint density at radius 2 is 2.14 bits per heavy atom. The summed E-state index contributed by atoms with van der Waals surface area (Å²) in [7, 11) is 0. The van der Waals surface area contributed by atoms with E-state index in [1.54, 1.807) is 6.92 Å². The van der Waals surface area contributed by atoms with Gasteiger partial charge in [0.2, 0.25) is 0 Å². The first-order chi connectivity index (χ1) is 9.90. The lowest BCUT2D eigenvalue weighted by Gasteiger charge is -2.18. The molecule has 3 amide bonds. The molecule has 1 aliphatic heterocycles. The summed E-state index contributed by atoms with van der Waals surface area (Å²) < 4.78 is 18.4. The van der Waals surface area contributed by atoms with E-state index in [1.165, 1.54) is 19.1 Å². The first-order valence-electron chi connectivity index (χ1n) is 6.46. The van der Waals surface area contributed by atoms with Crippen LogP contribution in [0.4, 0.5) is 9.18 Å². The van der Waals surface area contributed by atoms with Crippen molar-refractivity contribution in [2.75, 3.05) is 13.1 Å². The second-order valence-electron chi connectivity index (χ2n) is 4.73. The van der Waals surface area contributed by atoms with Gasteiger partial charge in [-0.1, -0.05) is 6.07 Å². The van der Waals surface area contributed by atoms with Gasteiger partial charge in [-0.2, -0.15) is 0 Å². The van der Waals surface area contributed by atoms with Crippen LogP contribution in [0.2, 0.25) is 0 Å². The predicted molar refractivity (Wildman–Crippen MR) is 71.1 cm³/mol. The molecule has 21 heavy (non-hydrogen) atoms. The van der Waals surface area contributed by atoms with Crippen LogP contribution in [-0.4, -0.2) is 42.0 Å². The molecule has 1 aromatic carbocycles. The highest BCUT2D eigenvalue weighted by atomic mass is 19.1. The van der Waals surface area contributed by atoms with E-state index in [-0.39, 0.29) is 12.1 Å². The van der Waals surface area contributed by atoms with E-state index < -0.39 is 29.8 Å². The maximum Gasteiger partial charge on any atom is 0.339 e. The van der Waals surface area contributed by atoms with Crippen molar-refractivity contribution in [3.63, 3.8) is 0 Å². The number of ether oxygens (including phenoxy) is 1. The third kappa shape index (κ3) is 3.18. The van der Waals surface area contributed by atoms with Crippen LogP contribution in [0.15, 0.2) is 18.2 Å². The minimum Gasteiger partial charge on any atom is -0.449 e. The summed E-state index contributed by atoms with van der Waals surface area (Å²) in [5.41, 5.74) is 0.424. The number of esters is 1. The van der Waals surface area contributed by atoms with Gasteiger partial charge in [-0.15, -0.1) is 0 Å². The van der Waals surface area contributed by atoms with Crippen molar-refractivity contribution >= 4 is 17.9 Å². The number of carbonyl (C=O) groups is 3. The Morgan fingerprint density at radius 1 is 1.43 bits per heavy atom. The number of halogens is 1. The topological polar surface area (TPSA) is 75.7 Å². The Bertz CT molecular complexity index is 603. The largest absolute Gasteiger partial charge is 0.449 e. The van der Waals surface area contributed by atoms with Gasteiger partial charge in [0.1, 0.15) is 5.82 Å². The molecule has 1 fully saturated rings. The summed E-state index contributed by atoms with van der Waals surface area (Å²) in [6.45, 7) is 3.55. The first kappa shape index (κ1) is 15.0. The molecule has 1 aromatic rings. The summed E-state index contributed by atoms with van der Waals surface area (Å²) in [6.07, 6.45) is -1.12. The number of hydrogen-bond acceptors (Lipinski definition) is 4. The number of nitrogens with zero attached hydrogens (tertiary/aromatic N) is 1. The molecule has 1 heterocycles. The van der Waals surface area contributed by atoms with Crippen LogP contribution in [0.5, 0.6) is 0 Å². The van der Waals surface area contributed by atoms with Gasteiger partial charge in [0, 0.05) is 13.1 Å². The highest BCUT2D eigenvalue weighted by Crippen LogP contribution is 2.12. The second-order valence-corrected chi connectivity index (χ2v) is 4.73. The van der Waals surface area contributed by atoms with Crippen molar-refractivity contribution in [2.45, 2.75) is 20.0 Å². The van der Waals surface area contributed by atoms with Crippen LogP contribution in [-0.2, 0) is 9.53 Å². The summed E-state index contributed by atoms with van der Waals surface area (Å²) in [4.78, 5) is 36.2. The van der Waals surface area contributed by atoms with E-state index in [1.807, 2.05) is 0 Å². The van der Waals surface area contributed by atoms with Gasteiger partial charge in [0.05, 0.1) is 5.56 Å². The van der Waals surface area contributed by atoms with Crippen LogP contribution < -0.4 is 5.32 Å². The molecule has 2 rings (SSSR count). The lowest BCUT2D eigenvalue weighted by Crippen LogP contribution is -2.41. The molecule has 6 nitrogen and oxygen atoms in total. The third-order valence-electron chi connectivity index (χ3n) is 3.16. The van der Waals surface area contributed by atoms with Gasteiger partial charge in [0.15, 0.2) is 6.10 Å². The van der Waals surface area contributed by atoms with E-state index in [2.05, 4.69) is 5.32 Å². The normalized spacial score (nSPS) is 15.6. The molecule has 112 valence electrons. The number of hydrogen-bond donors (Lipinski definition) is 1. The number of benzene rings is 1. The molecule has 0 spiro atoms. The lowest BCUT2D eigenvalue weighted by atomic mass is 10.1. The number of nitrogens with one attached hydrogen (secondary N) is 1. The van der Waals surface area contributed by atoms with E-state index in [0.29, 0.717) is 12.1 Å². The second kappa shape index (κ2) is 5.90. The van der Waals surface area contributed by atoms with Crippen LogP contribution in [0, 0.1) is 12.7 Å². The van der Waals surface area contributed by atoms with Gasteiger partial charge in [-0.05, 0) is 31.5 Å². The molecule has 0 unspecified atom stereocenters. The summed E-state index contributed by atoms with van der Waals surface area (Å²) in [5, 5.41) is 2.48. The Hall–Kier alpha value is -2.44. The molecule has 1 N–H and O–H groups in total. The molecule has 1 aliphatic rings. The number of urea groups is 1. The average Bonchev–Trinajstić information content (AvgIpc) is 2.87. The Labute approximate surface area is 120 Å². The van der Waals surface area contributed by atoms with Crippen molar-refractivity contribution < 1.29 is 23.5 Å². The lowest BCUT2D eigenvalue weighted by molar-refractivity contribution is -0.136. The Balaban J connectivity index is 2.03. The summed E-state index contributed by atoms with van der Waals surface area (Å²) in [6, 6.07) is 3.41. The van der Waals surface area contributed by atoms with Crippen LogP contribution in [0.3, 0.4) is 0 Å². The molecule has 0 radical (unpaired) electrons. The first-order valence-corrected chi connectivity index (χ1v) is 6.46. The molecule has 1 saturated heterocycles. The number of carbonyl (C=O) groups excluding carboxylic acids is 3. The highest BCUT2D eigenvalue weighted by Gasteiger charge is 2.31. The van der Waals surface area contributed by atoms with Crippen LogP contribution in [0.25, 0.3) is 0 Å². The zero-order valence-electron chi connectivity index (χ0n) is 11.7. The fourth-order valence-electron chi connectivity index (χ4n) is 1.90. The minimum absolute atomic E-state index is 0.0172. The highest BCUT2D eigenvalue weighted by molar-refractivity contribution is 5.99. The monoisotopic (exact) mass is 294 g/mol. The third-order valence-corrected chi connectivity index (χ3v) is 3.16. The SMILES string of the molecule is Cc1ccc(C(=O)O[C@H](C)C(=O)N2CCNC2=O)cc1F. The molecule has 0 bridgehead atoms. The Morgan fingerprint density at radius 3 is 2.71 bits per heavy atom. The van der Waals surface area contributed by atoms with Crippen molar-refractivity contribution in [3.8, 4) is 0 Å². The van der Waals surface area contributed by atoms with E-state index in [9.17, 15) is 18.8 Å². The van der Waals surface area contributed by atoms with Gasteiger partial charge in [-0.25, -0.2) is 14.0 Å². The fourth-order valence-corrected chi connectivity index (χ4v) is 1.90. The average molecular weight is 294 g/mol. The Kier molecular flexibility index (Phi) is 4.21. The molecular weight excluding hydrogens is 279 g/mol. The van der Waals surface area contributed by atoms with Gasteiger partial charge >= 0.3 is 12.0 Å². The van der Waals surface area contributed by atoms with Crippen molar-refractivity contribution in [1.82, 2.24) is 10.2 Å². The summed E-state index contributed by atoms with van der Waals surface area (Å²) >= 11 is 0.